The van der Waals surface area contributed by atoms with Crippen molar-refractivity contribution in [1.82, 2.24) is 9.29 Å². The number of hydrogen-bond acceptors (Lipinski definition) is 4. The number of anilines is 1. The lowest BCUT2D eigenvalue weighted by atomic mass is 10.5. The highest BCUT2D eigenvalue weighted by atomic mass is 32.2. The topological polar surface area (TPSA) is 76.3 Å². The molecular weight excluding hydrogens is 214 g/mol. The second kappa shape index (κ2) is 4.29. The van der Waals surface area contributed by atoms with Gasteiger partial charge in [-0.05, 0) is 12.1 Å². The van der Waals surface area contributed by atoms with Gasteiger partial charge in [-0.1, -0.05) is 5.92 Å². The molecule has 5 nitrogen and oxygen atoms in total. The van der Waals surface area contributed by atoms with Crippen LogP contribution in [0.25, 0.3) is 0 Å². The molecular formula is C9H11N3O2S. The standard InChI is InChI=1S/C9H11N3O2S/c1-3-7-12(2)15(13,14)8-5-4-6-11-9(8)10/h1,4-6H,7H2,2H3,(H2,10,11). The summed E-state index contributed by atoms with van der Waals surface area (Å²) in [5.41, 5.74) is 5.47. The molecule has 6 heteroatoms. The zero-order valence-corrected chi connectivity index (χ0v) is 9.03. The van der Waals surface area contributed by atoms with Crippen LogP contribution < -0.4 is 5.73 Å². The van der Waals surface area contributed by atoms with Gasteiger partial charge in [0.25, 0.3) is 0 Å². The fourth-order valence-corrected chi connectivity index (χ4v) is 2.15. The van der Waals surface area contributed by atoms with Crippen LogP contribution in [0.15, 0.2) is 23.2 Å². The molecule has 0 aliphatic heterocycles. The highest BCUT2D eigenvalue weighted by molar-refractivity contribution is 7.89. The number of hydrogen-bond donors (Lipinski definition) is 1. The smallest absolute Gasteiger partial charge is 0.247 e. The Kier molecular flexibility index (Phi) is 3.29. The van der Waals surface area contributed by atoms with Crippen LogP contribution in [0, 0.1) is 12.3 Å². The molecule has 1 aromatic rings. The van der Waals surface area contributed by atoms with Gasteiger partial charge in [-0.25, -0.2) is 13.4 Å². The second-order valence-corrected chi connectivity index (χ2v) is 4.87. The van der Waals surface area contributed by atoms with Crippen molar-refractivity contribution in [3.05, 3.63) is 18.3 Å². The van der Waals surface area contributed by atoms with Gasteiger partial charge in [0.15, 0.2) is 0 Å². The molecule has 1 rings (SSSR count). The van der Waals surface area contributed by atoms with Crippen LogP contribution in [0.3, 0.4) is 0 Å². The van der Waals surface area contributed by atoms with Crippen molar-refractivity contribution in [2.75, 3.05) is 19.3 Å². The van der Waals surface area contributed by atoms with Gasteiger partial charge in [0.1, 0.15) is 10.7 Å². The van der Waals surface area contributed by atoms with E-state index in [-0.39, 0.29) is 17.3 Å². The van der Waals surface area contributed by atoms with Crippen LogP contribution in [-0.4, -0.2) is 31.3 Å². The Morgan fingerprint density at radius 2 is 2.33 bits per heavy atom. The highest BCUT2D eigenvalue weighted by Gasteiger charge is 2.22. The summed E-state index contributed by atoms with van der Waals surface area (Å²) >= 11 is 0. The predicted octanol–water partition coefficient (Wildman–Crippen LogP) is -0.0825. The number of nitrogens with zero attached hydrogens (tertiary/aromatic N) is 2. The number of rotatable bonds is 3. The van der Waals surface area contributed by atoms with Crippen LogP contribution in [0.5, 0.6) is 0 Å². The Morgan fingerprint density at radius 1 is 1.67 bits per heavy atom. The fraction of sp³-hybridized carbons (Fsp3) is 0.222. The number of terminal acetylenes is 1. The van der Waals surface area contributed by atoms with E-state index in [9.17, 15) is 8.42 Å². The van der Waals surface area contributed by atoms with Gasteiger partial charge in [0.05, 0.1) is 6.54 Å². The van der Waals surface area contributed by atoms with E-state index in [1.54, 1.807) is 0 Å². The highest BCUT2D eigenvalue weighted by Crippen LogP contribution is 2.18. The maximum atomic E-state index is 11.9. The summed E-state index contributed by atoms with van der Waals surface area (Å²) in [7, 11) is -2.24. The van der Waals surface area contributed by atoms with Crippen molar-refractivity contribution in [1.29, 1.82) is 0 Å². The van der Waals surface area contributed by atoms with Gasteiger partial charge in [0, 0.05) is 13.2 Å². The van der Waals surface area contributed by atoms with Crippen LogP contribution in [-0.2, 0) is 10.0 Å². The van der Waals surface area contributed by atoms with E-state index >= 15 is 0 Å². The van der Waals surface area contributed by atoms with Crippen molar-refractivity contribution in [2.24, 2.45) is 0 Å². The first-order chi connectivity index (χ1) is 7.00. The van der Waals surface area contributed by atoms with Crippen LogP contribution >= 0.6 is 0 Å². The minimum atomic E-state index is -3.63. The fourth-order valence-electron chi connectivity index (χ4n) is 1.00. The summed E-state index contributed by atoms with van der Waals surface area (Å²) in [5, 5.41) is 0. The lowest BCUT2D eigenvalue weighted by molar-refractivity contribution is 0.503. The summed E-state index contributed by atoms with van der Waals surface area (Å²) in [6.45, 7) is -0.00331. The lowest BCUT2D eigenvalue weighted by Crippen LogP contribution is -2.28. The van der Waals surface area contributed by atoms with E-state index in [4.69, 9.17) is 12.2 Å². The molecule has 1 heterocycles. The molecule has 0 spiro atoms. The zero-order valence-electron chi connectivity index (χ0n) is 8.21. The number of pyridine rings is 1. The van der Waals surface area contributed by atoms with E-state index in [0.29, 0.717) is 0 Å². The minimum Gasteiger partial charge on any atom is -0.383 e. The summed E-state index contributed by atoms with van der Waals surface area (Å²) in [5.74, 6) is 2.22. The van der Waals surface area contributed by atoms with Crippen molar-refractivity contribution < 1.29 is 8.42 Å². The number of nitrogens with two attached hydrogens (primary N) is 1. The molecule has 0 aliphatic carbocycles. The Labute approximate surface area is 89.0 Å². The Balaban J connectivity index is 3.19. The van der Waals surface area contributed by atoms with Gasteiger partial charge in [-0.15, -0.1) is 6.42 Å². The quantitative estimate of drug-likeness (QED) is 0.730. The molecule has 0 atom stereocenters. The first kappa shape index (κ1) is 11.5. The molecule has 80 valence electrons. The molecule has 0 saturated carbocycles. The zero-order chi connectivity index (χ0) is 11.5. The van der Waals surface area contributed by atoms with Gasteiger partial charge < -0.3 is 5.73 Å². The monoisotopic (exact) mass is 225 g/mol. The Bertz CT molecular complexity index is 490. The van der Waals surface area contributed by atoms with Gasteiger partial charge in [-0.3, -0.25) is 0 Å². The van der Waals surface area contributed by atoms with E-state index in [1.165, 1.54) is 25.4 Å². The first-order valence-electron chi connectivity index (χ1n) is 4.10. The Morgan fingerprint density at radius 3 is 2.87 bits per heavy atom. The number of sulfonamides is 1. The van der Waals surface area contributed by atoms with E-state index in [1.807, 2.05) is 0 Å². The molecule has 1 aromatic heterocycles. The molecule has 2 N–H and O–H groups in total. The maximum absolute atomic E-state index is 11.9. The van der Waals surface area contributed by atoms with E-state index in [2.05, 4.69) is 10.9 Å². The SMILES string of the molecule is C#CCN(C)S(=O)(=O)c1cccnc1N. The predicted molar refractivity (Wildman–Crippen MR) is 57.3 cm³/mol. The van der Waals surface area contributed by atoms with Crippen molar-refractivity contribution in [3.63, 3.8) is 0 Å². The van der Waals surface area contributed by atoms with Crippen molar-refractivity contribution in [3.8, 4) is 12.3 Å². The normalized spacial score (nSPS) is 11.3. The molecule has 0 aliphatic rings. The van der Waals surface area contributed by atoms with Gasteiger partial charge in [0.2, 0.25) is 10.0 Å². The Hall–Kier alpha value is -1.58. The van der Waals surface area contributed by atoms with E-state index in [0.717, 1.165) is 4.31 Å². The molecule has 0 aromatic carbocycles. The second-order valence-electron chi connectivity index (χ2n) is 2.85. The maximum Gasteiger partial charge on any atom is 0.247 e. The van der Waals surface area contributed by atoms with Crippen LogP contribution in [0.4, 0.5) is 5.82 Å². The third-order valence-corrected chi connectivity index (χ3v) is 3.65. The number of aromatic nitrogens is 1. The summed E-state index contributed by atoms with van der Waals surface area (Å²) < 4.78 is 24.7. The molecule has 0 fully saturated rings. The first-order valence-corrected chi connectivity index (χ1v) is 5.54. The van der Waals surface area contributed by atoms with Crippen molar-refractivity contribution in [2.45, 2.75) is 4.90 Å². The summed E-state index contributed by atoms with van der Waals surface area (Å²) in [6.07, 6.45) is 6.47. The molecule has 0 unspecified atom stereocenters. The molecule has 0 bridgehead atoms. The molecule has 15 heavy (non-hydrogen) atoms. The summed E-state index contributed by atoms with van der Waals surface area (Å²) in [6, 6.07) is 2.90. The molecule has 0 amide bonds. The third kappa shape index (κ3) is 2.26. The largest absolute Gasteiger partial charge is 0.383 e. The van der Waals surface area contributed by atoms with Crippen LogP contribution in [0.2, 0.25) is 0 Å². The molecule has 0 saturated heterocycles. The minimum absolute atomic E-state index is 0.00331. The average Bonchev–Trinajstić information content (AvgIpc) is 2.18. The van der Waals surface area contributed by atoms with Gasteiger partial charge >= 0.3 is 0 Å². The van der Waals surface area contributed by atoms with Gasteiger partial charge in [-0.2, -0.15) is 4.31 Å². The van der Waals surface area contributed by atoms with Crippen molar-refractivity contribution >= 4 is 15.8 Å². The lowest BCUT2D eigenvalue weighted by Gasteiger charge is -2.14. The van der Waals surface area contributed by atoms with Crippen LogP contribution in [0.1, 0.15) is 0 Å². The average molecular weight is 225 g/mol. The molecule has 0 radical (unpaired) electrons. The van der Waals surface area contributed by atoms with E-state index < -0.39 is 10.0 Å². The third-order valence-electron chi connectivity index (χ3n) is 1.80. The number of nitrogen functional groups attached to an aromatic ring is 1. The summed E-state index contributed by atoms with van der Waals surface area (Å²) in [4.78, 5) is 3.68.